The molecule has 2 aromatic carbocycles. The number of rotatable bonds is 3. The molecule has 2 heterocycles. The van der Waals surface area contributed by atoms with Crippen LogP contribution in [0, 0.1) is 17.0 Å². The quantitative estimate of drug-likeness (QED) is 0.257. The molecule has 6 nitrogen and oxygen atoms in total. The lowest BCUT2D eigenvalue weighted by atomic mass is 9.94. The van der Waals surface area contributed by atoms with Gasteiger partial charge in [-0.05, 0) is 68.0 Å². The van der Waals surface area contributed by atoms with Crippen molar-refractivity contribution in [2.24, 2.45) is 0 Å². The van der Waals surface area contributed by atoms with E-state index in [0.29, 0.717) is 0 Å². The number of hydrogen-bond donors (Lipinski definition) is 0. The van der Waals surface area contributed by atoms with Gasteiger partial charge >= 0.3 is 0 Å². The summed E-state index contributed by atoms with van der Waals surface area (Å²) in [5, 5.41) is 17.1. The Morgan fingerprint density at radius 2 is 1.63 bits per heavy atom. The number of fused-ring (bicyclic) bond motifs is 3. The molecule has 0 atom stereocenters. The molecule has 0 amide bonds. The predicted molar refractivity (Wildman–Crippen MR) is 117 cm³/mol. The second-order valence-corrected chi connectivity index (χ2v) is 7.81. The molecule has 0 fully saturated rings. The maximum Gasteiger partial charge on any atom is 0.269 e. The highest BCUT2D eigenvalue weighted by molar-refractivity contribution is 5.88. The summed E-state index contributed by atoms with van der Waals surface area (Å²) in [5.41, 5.74) is 7.37. The molecule has 0 radical (unpaired) electrons. The maximum absolute atomic E-state index is 11.1. The number of aromatic nitrogens is 3. The van der Waals surface area contributed by atoms with Gasteiger partial charge in [0.05, 0.1) is 22.0 Å². The maximum atomic E-state index is 11.1. The Hall–Kier alpha value is -3.54. The lowest BCUT2D eigenvalue weighted by Crippen LogP contribution is -2.03. The van der Waals surface area contributed by atoms with Gasteiger partial charge in [0.25, 0.3) is 5.69 Å². The Morgan fingerprint density at radius 3 is 2.33 bits per heavy atom. The van der Waals surface area contributed by atoms with E-state index in [9.17, 15) is 10.1 Å². The van der Waals surface area contributed by atoms with Crippen LogP contribution < -0.4 is 0 Å². The second-order valence-electron chi connectivity index (χ2n) is 7.81. The Kier molecular flexibility index (Phi) is 4.54. The Bertz CT molecular complexity index is 1240. The predicted octanol–water partition coefficient (Wildman–Crippen LogP) is 5.57. The number of nitrogens with zero attached hydrogens (tertiary/aromatic N) is 4. The highest BCUT2D eigenvalue weighted by Gasteiger charge is 2.23. The van der Waals surface area contributed by atoms with Crippen LogP contribution in [0.1, 0.15) is 36.1 Å². The van der Waals surface area contributed by atoms with E-state index in [1.807, 2.05) is 47.1 Å². The minimum Gasteiger partial charge on any atom is -0.258 e. The summed E-state index contributed by atoms with van der Waals surface area (Å²) in [5.74, 6) is 0. The number of para-hydroxylation sites is 1. The standard InChI is InChI=1S/C24H22N4O2/c1-16-22-20-10-6-3-7-11-21(20)23(17-12-14-19(15-13-17)28(29)30)25-24(22)27(26-16)18-8-4-2-5-9-18/h2,4-5,8-9,12-15H,3,6-7,10-11H2,1H3. The number of benzene rings is 2. The molecule has 0 spiro atoms. The van der Waals surface area contributed by atoms with Crippen LogP contribution in [0.2, 0.25) is 0 Å². The summed E-state index contributed by atoms with van der Waals surface area (Å²) in [6, 6.07) is 16.8. The van der Waals surface area contributed by atoms with Crippen LogP contribution in [0.3, 0.4) is 0 Å². The number of hydrogen-bond acceptors (Lipinski definition) is 4. The van der Waals surface area contributed by atoms with Gasteiger partial charge in [-0.3, -0.25) is 10.1 Å². The van der Waals surface area contributed by atoms with Crippen LogP contribution in [0.25, 0.3) is 28.0 Å². The number of nitro benzene ring substituents is 1. The van der Waals surface area contributed by atoms with Crippen LogP contribution in [0.4, 0.5) is 5.69 Å². The van der Waals surface area contributed by atoms with Gasteiger partial charge in [0.1, 0.15) is 0 Å². The summed E-state index contributed by atoms with van der Waals surface area (Å²) < 4.78 is 1.92. The first-order valence-electron chi connectivity index (χ1n) is 10.3. The molecule has 1 aliphatic rings. The molecule has 0 unspecified atom stereocenters. The summed E-state index contributed by atoms with van der Waals surface area (Å²) >= 11 is 0. The zero-order valence-electron chi connectivity index (χ0n) is 16.8. The first-order chi connectivity index (χ1) is 14.6. The van der Waals surface area contributed by atoms with Crippen molar-refractivity contribution in [1.82, 2.24) is 14.8 Å². The van der Waals surface area contributed by atoms with E-state index in [1.54, 1.807) is 12.1 Å². The van der Waals surface area contributed by atoms with Crippen LogP contribution >= 0.6 is 0 Å². The highest BCUT2D eigenvalue weighted by atomic mass is 16.6. The zero-order chi connectivity index (χ0) is 20.7. The molecule has 0 saturated carbocycles. The normalized spacial score (nSPS) is 13.8. The third kappa shape index (κ3) is 3.05. The van der Waals surface area contributed by atoms with Crippen LogP contribution in [-0.4, -0.2) is 19.7 Å². The highest BCUT2D eigenvalue weighted by Crippen LogP contribution is 2.36. The van der Waals surface area contributed by atoms with E-state index in [2.05, 4.69) is 6.92 Å². The zero-order valence-corrected chi connectivity index (χ0v) is 16.8. The summed E-state index contributed by atoms with van der Waals surface area (Å²) in [4.78, 5) is 15.8. The lowest BCUT2D eigenvalue weighted by molar-refractivity contribution is -0.384. The van der Waals surface area contributed by atoms with Crippen molar-refractivity contribution in [2.75, 3.05) is 0 Å². The SMILES string of the molecule is Cc1nn(-c2ccccc2)c2nc(-c3ccc([N+](=O)[O-])cc3)c3c(c12)CCCCC3. The molecule has 5 rings (SSSR count). The number of aryl methyl sites for hydroxylation is 2. The average Bonchev–Trinajstić information content (AvgIpc) is 2.94. The van der Waals surface area contributed by atoms with Crippen molar-refractivity contribution < 1.29 is 4.92 Å². The number of pyridine rings is 1. The Labute approximate surface area is 174 Å². The Balaban J connectivity index is 1.79. The van der Waals surface area contributed by atoms with E-state index < -0.39 is 0 Å². The van der Waals surface area contributed by atoms with Gasteiger partial charge in [0.15, 0.2) is 5.65 Å². The fourth-order valence-corrected chi connectivity index (χ4v) is 4.49. The third-order valence-electron chi connectivity index (χ3n) is 5.91. The molecule has 6 heteroatoms. The van der Waals surface area contributed by atoms with Gasteiger partial charge in [0.2, 0.25) is 0 Å². The van der Waals surface area contributed by atoms with Gasteiger partial charge in [-0.25, -0.2) is 9.67 Å². The molecule has 4 aromatic rings. The fourth-order valence-electron chi connectivity index (χ4n) is 4.49. The van der Waals surface area contributed by atoms with E-state index in [4.69, 9.17) is 10.1 Å². The van der Waals surface area contributed by atoms with Gasteiger partial charge in [-0.2, -0.15) is 5.10 Å². The van der Waals surface area contributed by atoms with Crippen LogP contribution in [0.15, 0.2) is 54.6 Å². The van der Waals surface area contributed by atoms with Gasteiger partial charge in [-0.1, -0.05) is 24.6 Å². The molecule has 1 aliphatic carbocycles. The monoisotopic (exact) mass is 398 g/mol. The van der Waals surface area contributed by atoms with Gasteiger partial charge in [-0.15, -0.1) is 0 Å². The molecular weight excluding hydrogens is 376 g/mol. The minimum atomic E-state index is -0.366. The molecule has 0 saturated heterocycles. The molecule has 150 valence electrons. The van der Waals surface area contributed by atoms with Crippen molar-refractivity contribution in [3.8, 4) is 16.9 Å². The minimum absolute atomic E-state index is 0.0936. The molecule has 0 aliphatic heterocycles. The van der Waals surface area contributed by atoms with Gasteiger partial charge in [0, 0.05) is 23.1 Å². The first-order valence-corrected chi connectivity index (χ1v) is 10.3. The lowest BCUT2D eigenvalue weighted by Gasteiger charge is -2.14. The fraction of sp³-hybridized carbons (Fsp3) is 0.250. The first kappa shape index (κ1) is 18.5. The van der Waals surface area contributed by atoms with Crippen LogP contribution in [0.5, 0.6) is 0 Å². The van der Waals surface area contributed by atoms with E-state index in [0.717, 1.165) is 59.4 Å². The Morgan fingerprint density at radius 1 is 0.933 bits per heavy atom. The van der Waals surface area contributed by atoms with Crippen molar-refractivity contribution in [3.05, 3.63) is 81.5 Å². The largest absolute Gasteiger partial charge is 0.269 e. The van der Waals surface area contributed by atoms with Crippen molar-refractivity contribution in [2.45, 2.75) is 39.0 Å². The van der Waals surface area contributed by atoms with Gasteiger partial charge < -0.3 is 0 Å². The molecule has 30 heavy (non-hydrogen) atoms. The summed E-state index contributed by atoms with van der Waals surface area (Å²) in [6.45, 7) is 2.06. The van der Waals surface area contributed by atoms with Crippen LogP contribution in [-0.2, 0) is 12.8 Å². The van der Waals surface area contributed by atoms with E-state index in [1.165, 1.54) is 17.5 Å². The third-order valence-corrected chi connectivity index (χ3v) is 5.91. The van der Waals surface area contributed by atoms with Crippen molar-refractivity contribution >= 4 is 16.7 Å². The van der Waals surface area contributed by atoms with E-state index >= 15 is 0 Å². The second kappa shape index (κ2) is 7.37. The van der Waals surface area contributed by atoms with Crippen molar-refractivity contribution in [1.29, 1.82) is 0 Å². The molecule has 0 N–H and O–H groups in total. The molecule has 2 aromatic heterocycles. The number of nitro groups is 1. The summed E-state index contributed by atoms with van der Waals surface area (Å²) in [6.07, 6.45) is 5.46. The molecular formula is C24H22N4O2. The van der Waals surface area contributed by atoms with E-state index in [-0.39, 0.29) is 10.6 Å². The molecule has 0 bridgehead atoms. The van der Waals surface area contributed by atoms with Crippen molar-refractivity contribution in [3.63, 3.8) is 0 Å². The number of non-ortho nitro benzene ring substituents is 1. The topological polar surface area (TPSA) is 73.8 Å². The average molecular weight is 398 g/mol. The summed E-state index contributed by atoms with van der Waals surface area (Å²) in [7, 11) is 0. The smallest absolute Gasteiger partial charge is 0.258 e.